The number of nitrogens with two attached hydrogens (primary N) is 2. The lowest BCUT2D eigenvalue weighted by molar-refractivity contribution is -0.384. The number of non-ortho nitro benzene ring substituents is 1. The van der Waals surface area contributed by atoms with Gasteiger partial charge in [-0.25, -0.2) is 0 Å². The van der Waals surface area contributed by atoms with Gasteiger partial charge in [0.15, 0.2) is 0 Å². The smallest absolute Gasteiger partial charge is 0.303 e. The lowest BCUT2D eigenvalue weighted by atomic mass is 10.1. The van der Waals surface area contributed by atoms with E-state index in [-0.39, 0.29) is 42.0 Å². The third kappa shape index (κ3) is 12.2. The van der Waals surface area contributed by atoms with Crippen LogP contribution < -0.4 is 32.7 Å². The normalized spacial score (nSPS) is 19.1. The molecule has 1 aliphatic heterocycles. The number of amides is 5. The van der Waals surface area contributed by atoms with Crippen LogP contribution in [0.25, 0.3) is 0 Å². The van der Waals surface area contributed by atoms with E-state index in [0.29, 0.717) is 38.6 Å². The summed E-state index contributed by atoms with van der Waals surface area (Å²) in [4.78, 5) is 86.4. The van der Waals surface area contributed by atoms with E-state index in [1.807, 2.05) is 0 Å². The van der Waals surface area contributed by atoms with E-state index in [2.05, 4.69) is 21.3 Å². The van der Waals surface area contributed by atoms with Crippen LogP contribution >= 0.6 is 11.8 Å². The number of nitrogens with zero attached hydrogens (tertiary/aromatic N) is 1. The summed E-state index contributed by atoms with van der Waals surface area (Å²) in [5, 5.41) is 31.1. The summed E-state index contributed by atoms with van der Waals surface area (Å²) in [6, 6.07) is -0.0968. The van der Waals surface area contributed by atoms with Gasteiger partial charge in [-0.05, 0) is 51.1 Å². The van der Waals surface area contributed by atoms with Crippen LogP contribution in [0.4, 0.5) is 5.69 Å². The molecule has 1 aliphatic rings. The zero-order valence-corrected chi connectivity index (χ0v) is 25.0. The Hall–Kier alpha value is -4.25. The highest BCUT2D eigenvalue weighted by Crippen LogP contribution is 2.28. The largest absolute Gasteiger partial charge is 0.481 e. The van der Waals surface area contributed by atoms with Crippen molar-refractivity contribution in [2.75, 3.05) is 18.8 Å². The number of nitrogens with one attached hydrogen (secondary N) is 4. The Bertz CT molecular complexity index is 1230. The minimum absolute atomic E-state index is 0.0662. The maximum atomic E-state index is 13.4. The molecule has 44 heavy (non-hydrogen) atoms. The summed E-state index contributed by atoms with van der Waals surface area (Å²) in [6.45, 7) is 0.590. The molecule has 5 amide bonds. The number of unbranched alkanes of at least 4 members (excludes halogenated alkanes) is 3. The van der Waals surface area contributed by atoms with E-state index in [0.717, 1.165) is 17.8 Å². The van der Waals surface area contributed by atoms with Crippen molar-refractivity contribution < 1.29 is 38.8 Å². The molecule has 2 rings (SSSR count). The highest BCUT2D eigenvalue weighted by molar-refractivity contribution is 7.99. The second kappa shape index (κ2) is 18.4. The molecule has 242 valence electrons. The Balaban J connectivity index is 2.41. The van der Waals surface area contributed by atoms with E-state index in [4.69, 9.17) is 11.5 Å². The Kier molecular flexibility index (Phi) is 15.0. The molecule has 1 aromatic carbocycles. The summed E-state index contributed by atoms with van der Waals surface area (Å²) >= 11 is 0.998. The van der Waals surface area contributed by atoms with Crippen molar-refractivity contribution in [2.45, 2.75) is 80.8 Å². The van der Waals surface area contributed by atoms with Gasteiger partial charge < -0.3 is 37.8 Å². The molecule has 16 nitrogen and oxygen atoms in total. The second-order valence-electron chi connectivity index (χ2n) is 10.2. The van der Waals surface area contributed by atoms with Crippen LogP contribution in [0.2, 0.25) is 0 Å². The monoisotopic (exact) mass is 637 g/mol. The molecule has 3 atom stereocenters. The van der Waals surface area contributed by atoms with E-state index < -0.39 is 70.7 Å². The molecule has 0 saturated carbocycles. The van der Waals surface area contributed by atoms with Crippen LogP contribution in [0, 0.1) is 10.1 Å². The highest BCUT2D eigenvalue weighted by Gasteiger charge is 2.32. The molecule has 17 heteroatoms. The molecule has 1 aromatic rings. The number of fused-ring (bicyclic) bond motifs is 1. The highest BCUT2D eigenvalue weighted by atomic mass is 32.2. The van der Waals surface area contributed by atoms with Crippen molar-refractivity contribution in [3.05, 3.63) is 33.9 Å². The van der Waals surface area contributed by atoms with Gasteiger partial charge in [-0.2, -0.15) is 0 Å². The Labute approximate surface area is 258 Å². The summed E-state index contributed by atoms with van der Waals surface area (Å²) in [5.74, 6) is -4.60. The number of hydrogen-bond donors (Lipinski definition) is 7. The molecule has 9 N–H and O–H groups in total. The lowest BCUT2D eigenvalue weighted by Crippen LogP contribution is -2.57. The van der Waals surface area contributed by atoms with Crippen LogP contribution in [-0.4, -0.2) is 82.5 Å². The van der Waals surface area contributed by atoms with E-state index >= 15 is 0 Å². The third-order valence-corrected chi connectivity index (χ3v) is 7.87. The molecule has 0 unspecified atom stereocenters. The van der Waals surface area contributed by atoms with Crippen molar-refractivity contribution in [1.82, 2.24) is 21.3 Å². The van der Waals surface area contributed by atoms with E-state index in [9.17, 15) is 44.0 Å². The molecule has 0 aromatic heterocycles. The number of aliphatic carboxylic acids is 1. The fraction of sp³-hybridized carbons (Fsp3) is 0.556. The molecule has 0 fully saturated rings. The van der Waals surface area contributed by atoms with Gasteiger partial charge in [-0.15, -0.1) is 11.8 Å². The van der Waals surface area contributed by atoms with Crippen LogP contribution in [0.5, 0.6) is 0 Å². The molecule has 1 heterocycles. The zero-order valence-electron chi connectivity index (χ0n) is 24.2. The predicted octanol–water partition coefficient (Wildman–Crippen LogP) is -0.0758. The lowest BCUT2D eigenvalue weighted by Gasteiger charge is -2.24. The Morgan fingerprint density at radius 2 is 1.68 bits per heavy atom. The first kappa shape index (κ1) is 35.9. The topological polar surface area (TPSA) is 266 Å². The number of carboxylic acids is 1. The molecule has 0 bridgehead atoms. The number of primary amides is 1. The van der Waals surface area contributed by atoms with Gasteiger partial charge in [0, 0.05) is 42.2 Å². The van der Waals surface area contributed by atoms with Gasteiger partial charge in [0.1, 0.15) is 18.1 Å². The summed E-state index contributed by atoms with van der Waals surface area (Å²) in [7, 11) is 0. The zero-order chi connectivity index (χ0) is 32.6. The van der Waals surface area contributed by atoms with Crippen LogP contribution in [0.15, 0.2) is 23.1 Å². The average Bonchev–Trinajstić information content (AvgIpc) is 2.97. The van der Waals surface area contributed by atoms with Crippen molar-refractivity contribution in [1.29, 1.82) is 0 Å². The van der Waals surface area contributed by atoms with Crippen LogP contribution in [0.3, 0.4) is 0 Å². The number of hydrogen-bond acceptors (Lipinski definition) is 10. The van der Waals surface area contributed by atoms with Gasteiger partial charge >= 0.3 is 5.97 Å². The number of rotatable bonds is 15. The first-order valence-electron chi connectivity index (χ1n) is 14.2. The number of nitro groups is 1. The minimum Gasteiger partial charge on any atom is -0.481 e. The first-order chi connectivity index (χ1) is 20.9. The molecule has 0 aliphatic carbocycles. The number of thioether (sulfide) groups is 1. The summed E-state index contributed by atoms with van der Waals surface area (Å²) < 4.78 is 0. The molecular weight excluding hydrogens is 598 g/mol. The maximum absolute atomic E-state index is 13.4. The fourth-order valence-corrected chi connectivity index (χ4v) is 5.36. The van der Waals surface area contributed by atoms with Gasteiger partial charge in [-0.1, -0.05) is 6.42 Å². The van der Waals surface area contributed by atoms with Crippen molar-refractivity contribution in [3.63, 3.8) is 0 Å². The Morgan fingerprint density at radius 1 is 0.977 bits per heavy atom. The third-order valence-electron chi connectivity index (χ3n) is 6.70. The first-order valence-corrected chi connectivity index (χ1v) is 15.2. The predicted molar refractivity (Wildman–Crippen MR) is 159 cm³/mol. The minimum atomic E-state index is -1.38. The quantitative estimate of drug-likeness (QED) is 0.0759. The fourth-order valence-electron chi connectivity index (χ4n) is 4.31. The number of carbonyl (C=O) groups excluding carboxylic acids is 5. The number of nitro benzene ring substituents is 1. The van der Waals surface area contributed by atoms with E-state index in [1.165, 1.54) is 12.1 Å². The van der Waals surface area contributed by atoms with Crippen LogP contribution in [0.1, 0.15) is 68.1 Å². The SMILES string of the molecule is NCCCC[C@@H]1NC(=O)[C@H](CCC(=O)O)NC(=O)c2cc([N+](=O)[O-])ccc2SC[C@@H](C(=O)NCCCCCC(N)=O)NC1=O. The number of carbonyl (C=O) groups is 6. The van der Waals surface area contributed by atoms with Crippen molar-refractivity contribution >= 4 is 53.0 Å². The maximum Gasteiger partial charge on any atom is 0.303 e. The van der Waals surface area contributed by atoms with Crippen molar-refractivity contribution in [3.8, 4) is 0 Å². The molecule has 0 radical (unpaired) electrons. The van der Waals surface area contributed by atoms with E-state index in [1.54, 1.807) is 0 Å². The molecular formula is C27H39N7O9S. The average molecular weight is 638 g/mol. The van der Waals surface area contributed by atoms with Crippen molar-refractivity contribution in [2.24, 2.45) is 11.5 Å². The van der Waals surface area contributed by atoms with Crippen LogP contribution in [-0.2, 0) is 24.0 Å². The Morgan fingerprint density at radius 3 is 2.34 bits per heavy atom. The summed E-state index contributed by atoms with van der Waals surface area (Å²) in [5.41, 5.74) is 10.2. The van der Waals surface area contributed by atoms with Gasteiger partial charge in [0.25, 0.3) is 11.6 Å². The number of carboxylic acid groups (broad SMARTS) is 1. The second-order valence-corrected chi connectivity index (χ2v) is 11.2. The van der Waals surface area contributed by atoms with Gasteiger partial charge in [0.2, 0.25) is 23.6 Å². The number of benzene rings is 1. The summed E-state index contributed by atoms with van der Waals surface area (Å²) in [6.07, 6.45) is 2.32. The molecule has 0 spiro atoms. The van der Waals surface area contributed by atoms with Gasteiger partial charge in [0.05, 0.1) is 10.5 Å². The standard InChI is InChI=1S/C27H39N7O9S/c28-12-4-3-6-18-26(40)33-20(25(39)30-13-5-1-2-7-22(29)35)15-44-21-10-8-16(34(42)43)14-17(21)24(38)31-19(27(41)32-18)9-11-23(36)37/h8,10,14,18-20H,1-7,9,11-13,15,28H2,(H2,29,35)(H,30,39)(H,31,38)(H,32,41)(H,33,40)(H,36,37)/t18-,19-,20-/m0/s1. The van der Waals surface area contributed by atoms with Gasteiger partial charge in [-0.3, -0.25) is 38.9 Å². The molecule has 0 saturated heterocycles.